The fraction of sp³-hybridized carbons (Fsp3) is 0.471. The third kappa shape index (κ3) is 4.24. The summed E-state index contributed by atoms with van der Waals surface area (Å²) in [5.74, 6) is 3.18. The van der Waals surface area contributed by atoms with Gasteiger partial charge in [0.25, 0.3) is 0 Å². The van der Waals surface area contributed by atoms with E-state index in [2.05, 4.69) is 15.2 Å². The molecule has 1 N–H and O–H groups in total. The Morgan fingerprint density at radius 2 is 2.21 bits per heavy atom. The van der Waals surface area contributed by atoms with Crippen LogP contribution in [0.2, 0.25) is 0 Å². The van der Waals surface area contributed by atoms with Crippen LogP contribution in [0.1, 0.15) is 30.9 Å². The highest BCUT2D eigenvalue weighted by atomic mass is 16.5. The van der Waals surface area contributed by atoms with E-state index in [0.29, 0.717) is 18.9 Å². The summed E-state index contributed by atoms with van der Waals surface area (Å²) in [5.41, 5.74) is 0. The van der Waals surface area contributed by atoms with Crippen molar-refractivity contribution in [1.82, 2.24) is 20.1 Å². The first kappa shape index (κ1) is 16.3. The summed E-state index contributed by atoms with van der Waals surface area (Å²) >= 11 is 0. The maximum absolute atomic E-state index is 11.5. The Bertz CT molecular complexity index is 686. The smallest absolute Gasteiger partial charge is 0.222 e. The molecule has 0 aliphatic carbocycles. The van der Waals surface area contributed by atoms with Crippen molar-refractivity contribution in [1.29, 1.82) is 0 Å². The first-order chi connectivity index (χ1) is 11.7. The van der Waals surface area contributed by atoms with Gasteiger partial charge in [-0.05, 0) is 25.0 Å². The van der Waals surface area contributed by atoms with E-state index in [1.165, 1.54) is 0 Å². The standard InChI is InChI=1S/C17H22N4O3/c1-23-13-5-2-6-14(11-13)24-12-16-18-15(19-20-16)7-3-9-21-10-4-8-17(21)22/h2,5-6,11H,3-4,7-10,12H2,1H3,(H,18,19,20). The Morgan fingerprint density at radius 3 is 3.00 bits per heavy atom. The number of carbonyl (C=O) groups is 1. The number of methoxy groups -OCH3 is 1. The first-order valence-electron chi connectivity index (χ1n) is 8.19. The van der Waals surface area contributed by atoms with E-state index in [9.17, 15) is 4.79 Å². The summed E-state index contributed by atoms with van der Waals surface area (Å²) in [5, 5.41) is 7.10. The second-order valence-corrected chi connectivity index (χ2v) is 5.75. The lowest BCUT2D eigenvalue weighted by Gasteiger charge is -2.14. The van der Waals surface area contributed by atoms with E-state index < -0.39 is 0 Å². The number of amides is 1. The molecule has 0 atom stereocenters. The molecule has 7 heteroatoms. The van der Waals surface area contributed by atoms with Crippen molar-refractivity contribution in [2.45, 2.75) is 32.3 Å². The molecule has 1 fully saturated rings. The highest BCUT2D eigenvalue weighted by Gasteiger charge is 2.19. The van der Waals surface area contributed by atoms with Crippen molar-refractivity contribution in [3.63, 3.8) is 0 Å². The number of H-pyrrole nitrogens is 1. The Hall–Kier alpha value is -2.57. The quantitative estimate of drug-likeness (QED) is 0.800. The van der Waals surface area contributed by atoms with Crippen LogP contribution in [-0.2, 0) is 17.8 Å². The molecule has 1 amide bonds. The van der Waals surface area contributed by atoms with Gasteiger partial charge in [0.2, 0.25) is 5.91 Å². The first-order valence-corrected chi connectivity index (χ1v) is 8.19. The van der Waals surface area contributed by atoms with Crippen LogP contribution in [0.5, 0.6) is 11.5 Å². The van der Waals surface area contributed by atoms with Gasteiger partial charge in [-0.1, -0.05) is 6.07 Å². The second kappa shape index (κ2) is 7.81. The molecular formula is C17H22N4O3. The lowest BCUT2D eigenvalue weighted by atomic mass is 10.3. The molecular weight excluding hydrogens is 308 g/mol. The third-order valence-electron chi connectivity index (χ3n) is 3.99. The summed E-state index contributed by atoms with van der Waals surface area (Å²) in [4.78, 5) is 17.9. The lowest BCUT2D eigenvalue weighted by Crippen LogP contribution is -2.25. The zero-order chi connectivity index (χ0) is 16.8. The number of rotatable bonds is 8. The van der Waals surface area contributed by atoms with E-state index in [1.807, 2.05) is 29.2 Å². The maximum atomic E-state index is 11.5. The zero-order valence-corrected chi connectivity index (χ0v) is 13.8. The minimum atomic E-state index is 0.261. The minimum Gasteiger partial charge on any atom is -0.497 e. The SMILES string of the molecule is COc1cccc(OCc2nc(CCCN3CCCC3=O)n[nH]2)c1. The number of benzene rings is 1. The number of carbonyl (C=O) groups excluding carboxylic acids is 1. The fourth-order valence-corrected chi connectivity index (χ4v) is 2.72. The number of nitrogens with zero attached hydrogens (tertiary/aromatic N) is 3. The average Bonchev–Trinajstić information content (AvgIpc) is 3.23. The zero-order valence-electron chi connectivity index (χ0n) is 13.8. The molecule has 0 unspecified atom stereocenters. The van der Waals surface area contributed by atoms with Crippen LogP contribution >= 0.6 is 0 Å². The minimum absolute atomic E-state index is 0.261. The van der Waals surface area contributed by atoms with Gasteiger partial charge in [-0.25, -0.2) is 4.98 Å². The molecule has 7 nitrogen and oxygen atoms in total. The molecule has 1 aromatic carbocycles. The Labute approximate surface area is 141 Å². The van der Waals surface area contributed by atoms with Crippen molar-refractivity contribution in [2.24, 2.45) is 0 Å². The van der Waals surface area contributed by atoms with Gasteiger partial charge in [0.05, 0.1) is 7.11 Å². The number of hydrogen-bond donors (Lipinski definition) is 1. The van der Waals surface area contributed by atoms with Crippen molar-refractivity contribution in [3.8, 4) is 11.5 Å². The van der Waals surface area contributed by atoms with Crippen molar-refractivity contribution < 1.29 is 14.3 Å². The number of aromatic nitrogens is 3. The molecule has 3 rings (SSSR count). The second-order valence-electron chi connectivity index (χ2n) is 5.75. The summed E-state index contributed by atoms with van der Waals surface area (Å²) < 4.78 is 10.8. The molecule has 1 aliphatic heterocycles. The number of aryl methyl sites for hydroxylation is 1. The Morgan fingerprint density at radius 1 is 1.33 bits per heavy atom. The number of hydrogen-bond acceptors (Lipinski definition) is 5. The third-order valence-corrected chi connectivity index (χ3v) is 3.99. The van der Waals surface area contributed by atoms with E-state index in [4.69, 9.17) is 9.47 Å². The van der Waals surface area contributed by atoms with Crippen LogP contribution in [-0.4, -0.2) is 46.2 Å². The molecule has 1 aliphatic rings. The molecule has 0 bridgehead atoms. The summed E-state index contributed by atoms with van der Waals surface area (Å²) in [7, 11) is 1.62. The van der Waals surface area contributed by atoms with E-state index in [-0.39, 0.29) is 5.91 Å². The molecule has 2 heterocycles. The van der Waals surface area contributed by atoms with Crippen LogP contribution < -0.4 is 9.47 Å². The van der Waals surface area contributed by atoms with Crippen LogP contribution in [0.15, 0.2) is 24.3 Å². The van der Waals surface area contributed by atoms with Gasteiger partial charge in [0.15, 0.2) is 11.6 Å². The molecule has 1 aromatic heterocycles. The molecule has 24 heavy (non-hydrogen) atoms. The molecule has 1 saturated heterocycles. The van der Waals surface area contributed by atoms with Gasteiger partial charge in [0, 0.05) is 32.0 Å². The maximum Gasteiger partial charge on any atom is 0.222 e. The molecule has 0 spiro atoms. The van der Waals surface area contributed by atoms with Crippen molar-refractivity contribution in [2.75, 3.05) is 20.2 Å². The largest absolute Gasteiger partial charge is 0.497 e. The van der Waals surface area contributed by atoms with E-state index >= 15 is 0 Å². The van der Waals surface area contributed by atoms with E-state index in [1.54, 1.807) is 7.11 Å². The monoisotopic (exact) mass is 330 g/mol. The number of aromatic amines is 1. The Kier molecular flexibility index (Phi) is 5.30. The van der Waals surface area contributed by atoms with Gasteiger partial charge in [-0.15, -0.1) is 0 Å². The predicted octanol–water partition coefficient (Wildman–Crippen LogP) is 1.95. The van der Waals surface area contributed by atoms with Gasteiger partial charge >= 0.3 is 0 Å². The van der Waals surface area contributed by atoms with Gasteiger partial charge in [-0.3, -0.25) is 9.89 Å². The number of nitrogens with one attached hydrogen (secondary N) is 1. The topological polar surface area (TPSA) is 80.3 Å². The number of likely N-dealkylation sites (tertiary alicyclic amines) is 1. The van der Waals surface area contributed by atoms with Crippen molar-refractivity contribution in [3.05, 3.63) is 35.9 Å². The van der Waals surface area contributed by atoms with Crippen LogP contribution in [0.4, 0.5) is 0 Å². The molecule has 128 valence electrons. The summed E-state index contributed by atoms with van der Waals surface area (Å²) in [6.45, 7) is 1.99. The molecule has 0 radical (unpaired) electrons. The van der Waals surface area contributed by atoms with Crippen LogP contribution in [0, 0.1) is 0 Å². The van der Waals surface area contributed by atoms with Crippen LogP contribution in [0.3, 0.4) is 0 Å². The van der Waals surface area contributed by atoms with Gasteiger partial charge in [-0.2, -0.15) is 5.10 Å². The highest BCUT2D eigenvalue weighted by Crippen LogP contribution is 2.19. The van der Waals surface area contributed by atoms with E-state index in [0.717, 1.165) is 49.7 Å². The molecule has 2 aromatic rings. The van der Waals surface area contributed by atoms with Gasteiger partial charge < -0.3 is 14.4 Å². The predicted molar refractivity (Wildman–Crippen MR) is 87.8 cm³/mol. The number of ether oxygens (including phenoxy) is 2. The molecule has 0 saturated carbocycles. The highest BCUT2D eigenvalue weighted by molar-refractivity contribution is 5.77. The summed E-state index contributed by atoms with van der Waals surface area (Å²) in [6, 6.07) is 7.43. The van der Waals surface area contributed by atoms with Gasteiger partial charge in [0.1, 0.15) is 18.1 Å². The van der Waals surface area contributed by atoms with Crippen molar-refractivity contribution >= 4 is 5.91 Å². The fourth-order valence-electron chi connectivity index (χ4n) is 2.72. The Balaban J connectivity index is 1.44. The lowest BCUT2D eigenvalue weighted by molar-refractivity contribution is -0.127. The summed E-state index contributed by atoms with van der Waals surface area (Å²) in [6.07, 6.45) is 3.29. The van der Waals surface area contributed by atoms with Crippen LogP contribution in [0.25, 0.3) is 0 Å². The normalized spacial score (nSPS) is 14.2. The average molecular weight is 330 g/mol.